The minimum Gasteiger partial charge on any atom is -0.292 e. The number of nitrogens with zero attached hydrogens (tertiary/aromatic N) is 3. The lowest BCUT2D eigenvalue weighted by atomic mass is 10.0. The Morgan fingerprint density at radius 3 is 2.13 bits per heavy atom. The summed E-state index contributed by atoms with van der Waals surface area (Å²) in [5.74, 6) is 0.888. The first-order valence-corrected chi connectivity index (χ1v) is 13.5. The smallest absolute Gasteiger partial charge is 0.138 e. The van der Waals surface area contributed by atoms with E-state index < -0.39 is 0 Å². The lowest BCUT2D eigenvalue weighted by molar-refractivity contribution is 1.08. The molecule has 4 heteroatoms. The van der Waals surface area contributed by atoms with E-state index in [2.05, 4.69) is 114 Å². The Morgan fingerprint density at radius 1 is 0.526 bits per heavy atom. The minimum absolute atomic E-state index is 0.888. The molecule has 0 radical (unpaired) electrons. The fraction of sp³-hybridized carbons (Fsp3) is 0. The minimum atomic E-state index is 0.888. The first-order chi connectivity index (χ1) is 18.8. The lowest BCUT2D eigenvalue weighted by Crippen LogP contribution is -2.00. The number of hydrogen-bond acceptors (Lipinski definition) is 3. The van der Waals surface area contributed by atoms with Crippen LogP contribution in [0.3, 0.4) is 0 Å². The number of fused-ring (bicyclic) bond motifs is 6. The summed E-state index contributed by atoms with van der Waals surface area (Å²) in [6.07, 6.45) is 1.88. The van der Waals surface area contributed by atoms with E-state index in [0.717, 1.165) is 44.6 Å². The quantitative estimate of drug-likeness (QED) is 0.240. The number of aromatic nitrogens is 3. The molecule has 0 fully saturated rings. The van der Waals surface area contributed by atoms with E-state index in [9.17, 15) is 0 Å². The molecule has 4 aromatic carbocycles. The van der Waals surface area contributed by atoms with Crippen molar-refractivity contribution in [3.63, 3.8) is 0 Å². The zero-order chi connectivity index (χ0) is 25.1. The van der Waals surface area contributed by atoms with E-state index in [0.29, 0.717) is 0 Å². The van der Waals surface area contributed by atoms with Gasteiger partial charge in [0, 0.05) is 37.3 Å². The number of benzene rings is 4. The highest BCUT2D eigenvalue weighted by molar-refractivity contribution is 7.25. The van der Waals surface area contributed by atoms with E-state index in [4.69, 9.17) is 9.97 Å². The predicted molar refractivity (Wildman–Crippen MR) is 160 cm³/mol. The van der Waals surface area contributed by atoms with Gasteiger partial charge >= 0.3 is 0 Å². The molecule has 3 nitrogen and oxygen atoms in total. The van der Waals surface area contributed by atoms with Gasteiger partial charge in [-0.05, 0) is 53.6 Å². The van der Waals surface area contributed by atoms with Crippen molar-refractivity contribution in [3.05, 3.63) is 128 Å². The van der Waals surface area contributed by atoms with Crippen LogP contribution in [0.25, 0.3) is 70.3 Å². The average molecular weight is 504 g/mol. The molecule has 0 atom stereocenters. The van der Waals surface area contributed by atoms with Crippen molar-refractivity contribution in [2.45, 2.75) is 0 Å². The van der Waals surface area contributed by atoms with Crippen LogP contribution in [0.2, 0.25) is 0 Å². The maximum atomic E-state index is 5.23. The van der Waals surface area contributed by atoms with Gasteiger partial charge in [-0.25, -0.2) is 4.98 Å². The Bertz CT molecular complexity index is 2070. The summed E-state index contributed by atoms with van der Waals surface area (Å²) < 4.78 is 4.85. The molecule has 0 unspecified atom stereocenters. The molecule has 38 heavy (non-hydrogen) atoms. The van der Waals surface area contributed by atoms with Crippen molar-refractivity contribution in [3.8, 4) is 28.2 Å². The van der Waals surface area contributed by atoms with Crippen LogP contribution in [0.4, 0.5) is 0 Å². The standard InChI is InChI=1S/C34H21N3S/c1-3-10-22(11-4-1)24-18-28(23-12-5-2-6-13-23)36-33(19-24)37-29-15-9-17-35-34(29)27-20-26-25-14-7-8-16-31(25)38-32(26)21-30(27)37/h1-21H. The van der Waals surface area contributed by atoms with Gasteiger partial charge in [-0.1, -0.05) is 78.9 Å². The third kappa shape index (κ3) is 3.28. The normalized spacial score (nSPS) is 11.7. The van der Waals surface area contributed by atoms with Gasteiger partial charge in [-0.2, -0.15) is 0 Å². The highest BCUT2D eigenvalue weighted by Crippen LogP contribution is 2.40. The van der Waals surface area contributed by atoms with Gasteiger partial charge in [0.1, 0.15) is 5.82 Å². The summed E-state index contributed by atoms with van der Waals surface area (Å²) in [6.45, 7) is 0. The molecule has 8 aromatic rings. The largest absolute Gasteiger partial charge is 0.292 e. The number of thiophene rings is 1. The summed E-state index contributed by atoms with van der Waals surface area (Å²) in [5.41, 5.74) is 7.51. The third-order valence-corrected chi connectivity index (χ3v) is 8.37. The van der Waals surface area contributed by atoms with Crippen LogP contribution in [0.15, 0.2) is 128 Å². The van der Waals surface area contributed by atoms with Gasteiger partial charge in [0.25, 0.3) is 0 Å². The topological polar surface area (TPSA) is 30.7 Å². The monoisotopic (exact) mass is 503 g/mol. The van der Waals surface area contributed by atoms with Crippen LogP contribution < -0.4 is 0 Å². The maximum Gasteiger partial charge on any atom is 0.138 e. The van der Waals surface area contributed by atoms with E-state index in [-0.39, 0.29) is 0 Å². The maximum absolute atomic E-state index is 5.23. The van der Waals surface area contributed by atoms with Gasteiger partial charge in [0.05, 0.1) is 22.2 Å². The van der Waals surface area contributed by atoms with Crippen LogP contribution in [0, 0.1) is 0 Å². The molecule has 0 spiro atoms. The van der Waals surface area contributed by atoms with Gasteiger partial charge < -0.3 is 0 Å². The second kappa shape index (κ2) is 8.37. The SMILES string of the molecule is c1ccc(-c2cc(-c3ccccc3)nc(-n3c4cc5sc6ccccc6c5cc4c4ncccc43)c2)cc1. The zero-order valence-electron chi connectivity index (χ0n) is 20.4. The molecule has 4 aromatic heterocycles. The zero-order valence-corrected chi connectivity index (χ0v) is 21.2. The van der Waals surface area contributed by atoms with Crippen molar-refractivity contribution in [1.82, 2.24) is 14.5 Å². The van der Waals surface area contributed by atoms with E-state index in [1.807, 2.05) is 29.7 Å². The molecule has 0 amide bonds. The van der Waals surface area contributed by atoms with Crippen molar-refractivity contribution in [2.24, 2.45) is 0 Å². The Morgan fingerprint density at radius 2 is 1.29 bits per heavy atom. The molecule has 0 N–H and O–H groups in total. The Labute approximate surface area is 223 Å². The van der Waals surface area contributed by atoms with Crippen LogP contribution in [-0.2, 0) is 0 Å². The van der Waals surface area contributed by atoms with Crippen LogP contribution in [0.1, 0.15) is 0 Å². The highest BCUT2D eigenvalue weighted by atomic mass is 32.1. The molecule has 0 saturated heterocycles. The van der Waals surface area contributed by atoms with E-state index >= 15 is 0 Å². The molecule has 178 valence electrons. The first-order valence-electron chi connectivity index (χ1n) is 12.7. The summed E-state index contributed by atoms with van der Waals surface area (Å²) in [7, 11) is 0. The summed E-state index contributed by atoms with van der Waals surface area (Å²) >= 11 is 1.84. The number of hydrogen-bond donors (Lipinski definition) is 0. The second-order valence-corrected chi connectivity index (χ2v) is 10.6. The Hall–Kier alpha value is -4.80. The summed E-state index contributed by atoms with van der Waals surface area (Å²) in [6, 6.07) is 42.7. The number of pyridine rings is 2. The third-order valence-electron chi connectivity index (χ3n) is 7.24. The molecule has 8 rings (SSSR count). The van der Waals surface area contributed by atoms with Gasteiger partial charge in [-0.15, -0.1) is 11.3 Å². The van der Waals surface area contributed by atoms with Crippen molar-refractivity contribution in [2.75, 3.05) is 0 Å². The molecule has 0 aliphatic heterocycles. The van der Waals surface area contributed by atoms with Crippen molar-refractivity contribution in [1.29, 1.82) is 0 Å². The van der Waals surface area contributed by atoms with Crippen molar-refractivity contribution < 1.29 is 0 Å². The van der Waals surface area contributed by atoms with E-state index in [1.165, 1.54) is 25.7 Å². The fourth-order valence-corrected chi connectivity index (χ4v) is 6.60. The molecule has 0 aliphatic carbocycles. The van der Waals surface area contributed by atoms with Crippen molar-refractivity contribution >= 4 is 53.4 Å². The van der Waals surface area contributed by atoms with Crippen LogP contribution in [0.5, 0.6) is 0 Å². The van der Waals surface area contributed by atoms with Gasteiger partial charge in [0.2, 0.25) is 0 Å². The average Bonchev–Trinajstić information content (AvgIpc) is 3.51. The molecular formula is C34H21N3S. The summed E-state index contributed by atoms with van der Waals surface area (Å²) in [4.78, 5) is 10.1. The fourth-order valence-electron chi connectivity index (χ4n) is 5.48. The lowest BCUT2D eigenvalue weighted by Gasteiger charge is -2.13. The first kappa shape index (κ1) is 21.3. The predicted octanol–water partition coefficient (Wildman–Crippen LogP) is 9.28. The Balaban J connectivity index is 1.48. The summed E-state index contributed by atoms with van der Waals surface area (Å²) in [5, 5.41) is 3.71. The van der Waals surface area contributed by atoms with Crippen LogP contribution in [-0.4, -0.2) is 14.5 Å². The highest BCUT2D eigenvalue weighted by Gasteiger charge is 2.18. The Kier molecular flexibility index (Phi) is 4.69. The molecule has 0 aliphatic rings. The molecular weight excluding hydrogens is 482 g/mol. The van der Waals surface area contributed by atoms with Gasteiger partial charge in [-0.3, -0.25) is 9.55 Å². The molecule has 0 saturated carbocycles. The molecule has 0 bridgehead atoms. The number of rotatable bonds is 3. The second-order valence-electron chi connectivity index (χ2n) is 9.50. The van der Waals surface area contributed by atoms with Gasteiger partial charge in [0.15, 0.2) is 0 Å². The van der Waals surface area contributed by atoms with E-state index in [1.54, 1.807) is 0 Å². The van der Waals surface area contributed by atoms with Crippen LogP contribution >= 0.6 is 11.3 Å². The molecule has 4 heterocycles.